The number of hydrogen-bond acceptors (Lipinski definition) is 4. The summed E-state index contributed by atoms with van der Waals surface area (Å²) in [6.07, 6.45) is -1.57. The number of anilines is 2. The molecule has 2 aromatic rings. The number of benzene rings is 1. The molecule has 1 aromatic heterocycles. The van der Waals surface area contributed by atoms with Crippen LogP contribution < -0.4 is 10.6 Å². The van der Waals surface area contributed by atoms with Gasteiger partial charge in [-0.15, -0.1) is 0 Å². The molecular formula is C19H22F4N4. The standard InChI is InChI=1S/C19H22F4N4/c1-3-5-15-16(12-7-8-14(20)13(10-12)19(21,22)23)17(26-18(24)25-15)27-9-4-6-11(27)2/h7-8,10-11H,3-6,9H2,1-2H3,(H2,24,25,26). The molecule has 4 nitrogen and oxygen atoms in total. The molecular weight excluding hydrogens is 360 g/mol. The van der Waals surface area contributed by atoms with Crippen molar-refractivity contribution in [1.82, 2.24) is 9.97 Å². The summed E-state index contributed by atoms with van der Waals surface area (Å²) in [4.78, 5) is 10.7. The first kappa shape index (κ1) is 19.4. The molecule has 2 N–H and O–H groups in total. The van der Waals surface area contributed by atoms with Crippen LogP contribution in [-0.2, 0) is 12.6 Å². The van der Waals surface area contributed by atoms with Crippen LogP contribution in [0.3, 0.4) is 0 Å². The zero-order chi connectivity index (χ0) is 19.8. The highest BCUT2D eigenvalue weighted by Gasteiger charge is 2.35. The average molecular weight is 382 g/mol. The monoisotopic (exact) mass is 382 g/mol. The van der Waals surface area contributed by atoms with Crippen molar-refractivity contribution in [3.05, 3.63) is 35.3 Å². The van der Waals surface area contributed by atoms with E-state index in [4.69, 9.17) is 5.73 Å². The Balaban J connectivity index is 2.24. The molecule has 0 saturated carbocycles. The number of hydrogen-bond donors (Lipinski definition) is 1. The minimum absolute atomic E-state index is 0.0921. The molecule has 3 rings (SSSR count). The third-order valence-corrected chi connectivity index (χ3v) is 4.85. The Labute approximate surface area is 155 Å². The van der Waals surface area contributed by atoms with Gasteiger partial charge in [0.2, 0.25) is 5.95 Å². The predicted octanol–water partition coefficient (Wildman–Crippen LogP) is 4.82. The fraction of sp³-hybridized carbons (Fsp3) is 0.474. The largest absolute Gasteiger partial charge is 0.419 e. The van der Waals surface area contributed by atoms with E-state index in [-0.39, 0.29) is 17.6 Å². The summed E-state index contributed by atoms with van der Waals surface area (Å²) < 4.78 is 53.4. The fourth-order valence-corrected chi connectivity index (χ4v) is 3.58. The van der Waals surface area contributed by atoms with Crippen LogP contribution in [0.2, 0.25) is 0 Å². The number of nitrogens with two attached hydrogens (primary N) is 1. The van der Waals surface area contributed by atoms with Crippen molar-refractivity contribution in [1.29, 1.82) is 0 Å². The summed E-state index contributed by atoms with van der Waals surface area (Å²) in [5, 5.41) is 0. The highest BCUT2D eigenvalue weighted by Crippen LogP contribution is 2.40. The molecule has 1 aliphatic heterocycles. The second-order valence-corrected chi connectivity index (χ2v) is 6.85. The fourth-order valence-electron chi connectivity index (χ4n) is 3.58. The van der Waals surface area contributed by atoms with Gasteiger partial charge >= 0.3 is 6.18 Å². The highest BCUT2D eigenvalue weighted by atomic mass is 19.4. The van der Waals surface area contributed by atoms with Gasteiger partial charge in [0.15, 0.2) is 0 Å². The second kappa shape index (κ2) is 7.32. The van der Waals surface area contributed by atoms with Gasteiger partial charge in [-0.2, -0.15) is 18.2 Å². The van der Waals surface area contributed by atoms with Crippen molar-refractivity contribution in [3.63, 3.8) is 0 Å². The van der Waals surface area contributed by atoms with E-state index in [9.17, 15) is 17.6 Å². The summed E-state index contributed by atoms with van der Waals surface area (Å²) >= 11 is 0. The van der Waals surface area contributed by atoms with Gasteiger partial charge in [-0.1, -0.05) is 19.4 Å². The van der Waals surface area contributed by atoms with Gasteiger partial charge in [-0.3, -0.25) is 0 Å². The lowest BCUT2D eigenvalue weighted by molar-refractivity contribution is -0.139. The lowest BCUT2D eigenvalue weighted by atomic mass is 9.98. The van der Waals surface area contributed by atoms with E-state index in [1.54, 1.807) is 0 Å². The molecule has 1 fully saturated rings. The van der Waals surface area contributed by atoms with Gasteiger partial charge in [-0.25, -0.2) is 9.37 Å². The normalized spacial score (nSPS) is 17.6. The molecule has 0 radical (unpaired) electrons. The van der Waals surface area contributed by atoms with Crippen molar-refractivity contribution in [2.24, 2.45) is 0 Å². The Hall–Kier alpha value is -2.38. The molecule has 0 amide bonds. The van der Waals surface area contributed by atoms with Gasteiger partial charge in [0.1, 0.15) is 11.6 Å². The number of aromatic nitrogens is 2. The first-order valence-corrected chi connectivity index (χ1v) is 9.02. The van der Waals surface area contributed by atoms with E-state index in [1.165, 1.54) is 6.07 Å². The smallest absolute Gasteiger partial charge is 0.368 e. The van der Waals surface area contributed by atoms with Crippen LogP contribution in [0.1, 0.15) is 44.4 Å². The number of rotatable bonds is 4. The van der Waals surface area contributed by atoms with E-state index in [2.05, 4.69) is 9.97 Å². The minimum atomic E-state index is -4.78. The van der Waals surface area contributed by atoms with Crippen LogP contribution in [0.4, 0.5) is 29.3 Å². The molecule has 1 aliphatic rings. The van der Waals surface area contributed by atoms with Crippen molar-refractivity contribution in [2.75, 3.05) is 17.2 Å². The van der Waals surface area contributed by atoms with E-state index in [0.717, 1.165) is 37.9 Å². The summed E-state index contributed by atoms with van der Waals surface area (Å²) in [7, 11) is 0. The topological polar surface area (TPSA) is 55.0 Å². The molecule has 1 unspecified atom stereocenters. The highest BCUT2D eigenvalue weighted by molar-refractivity contribution is 5.79. The molecule has 27 heavy (non-hydrogen) atoms. The van der Waals surface area contributed by atoms with Crippen LogP contribution in [0.25, 0.3) is 11.1 Å². The third-order valence-electron chi connectivity index (χ3n) is 4.85. The van der Waals surface area contributed by atoms with E-state index in [1.807, 2.05) is 18.7 Å². The number of aryl methyl sites for hydroxylation is 1. The second-order valence-electron chi connectivity index (χ2n) is 6.85. The van der Waals surface area contributed by atoms with Crippen molar-refractivity contribution >= 4 is 11.8 Å². The maximum absolute atomic E-state index is 13.8. The maximum Gasteiger partial charge on any atom is 0.419 e. The zero-order valence-corrected chi connectivity index (χ0v) is 15.3. The van der Waals surface area contributed by atoms with Crippen molar-refractivity contribution in [3.8, 4) is 11.1 Å². The summed E-state index contributed by atoms with van der Waals surface area (Å²) in [5.74, 6) is -0.680. The third kappa shape index (κ3) is 3.84. The predicted molar refractivity (Wildman–Crippen MR) is 96.9 cm³/mol. The Morgan fingerprint density at radius 3 is 2.59 bits per heavy atom. The van der Waals surface area contributed by atoms with E-state index < -0.39 is 17.6 Å². The lowest BCUT2D eigenvalue weighted by Crippen LogP contribution is -2.28. The molecule has 2 heterocycles. The molecule has 0 spiro atoms. The molecule has 1 aromatic carbocycles. The Bertz CT molecular complexity index is 835. The maximum atomic E-state index is 13.8. The van der Waals surface area contributed by atoms with Gasteiger partial charge < -0.3 is 10.6 Å². The number of halogens is 4. The minimum Gasteiger partial charge on any atom is -0.368 e. The number of nitrogens with zero attached hydrogens (tertiary/aromatic N) is 3. The van der Waals surface area contributed by atoms with Crippen molar-refractivity contribution in [2.45, 2.75) is 51.7 Å². The van der Waals surface area contributed by atoms with Crippen LogP contribution in [0.15, 0.2) is 18.2 Å². The Morgan fingerprint density at radius 1 is 1.26 bits per heavy atom. The molecule has 0 bridgehead atoms. The van der Waals surface area contributed by atoms with E-state index >= 15 is 0 Å². The van der Waals surface area contributed by atoms with E-state index in [0.29, 0.717) is 23.5 Å². The average Bonchev–Trinajstić information content (AvgIpc) is 3.00. The number of alkyl halides is 3. The number of nitrogen functional groups attached to an aromatic ring is 1. The van der Waals surface area contributed by atoms with Crippen LogP contribution in [-0.4, -0.2) is 22.6 Å². The zero-order valence-electron chi connectivity index (χ0n) is 15.3. The van der Waals surface area contributed by atoms with Gasteiger partial charge in [0.25, 0.3) is 0 Å². The summed E-state index contributed by atoms with van der Waals surface area (Å²) in [6, 6.07) is 3.23. The van der Waals surface area contributed by atoms with Gasteiger partial charge in [0.05, 0.1) is 11.3 Å². The van der Waals surface area contributed by atoms with Crippen LogP contribution >= 0.6 is 0 Å². The summed E-state index contributed by atoms with van der Waals surface area (Å²) in [5.41, 5.74) is 5.93. The first-order chi connectivity index (χ1) is 12.7. The Morgan fingerprint density at radius 2 is 2.00 bits per heavy atom. The van der Waals surface area contributed by atoms with Crippen LogP contribution in [0.5, 0.6) is 0 Å². The molecule has 8 heteroatoms. The van der Waals surface area contributed by atoms with Gasteiger partial charge in [-0.05, 0) is 43.9 Å². The molecule has 146 valence electrons. The molecule has 1 atom stereocenters. The van der Waals surface area contributed by atoms with Gasteiger partial charge in [0, 0.05) is 18.2 Å². The quantitative estimate of drug-likeness (QED) is 0.770. The Kier molecular flexibility index (Phi) is 5.26. The molecule has 0 aliphatic carbocycles. The SMILES string of the molecule is CCCc1nc(N)nc(N2CCCC2C)c1-c1ccc(F)c(C(F)(F)F)c1. The summed E-state index contributed by atoms with van der Waals surface area (Å²) in [6.45, 7) is 4.73. The molecule has 1 saturated heterocycles. The van der Waals surface area contributed by atoms with Crippen molar-refractivity contribution < 1.29 is 17.6 Å². The first-order valence-electron chi connectivity index (χ1n) is 9.02. The van der Waals surface area contributed by atoms with Crippen LogP contribution in [0, 0.1) is 5.82 Å². The lowest BCUT2D eigenvalue weighted by Gasteiger charge is -2.27.